The molecule has 29 heavy (non-hydrogen) atoms. The molecule has 148 valence electrons. The number of hydrogen-bond donors (Lipinski definition) is 0. The molecule has 0 aromatic carbocycles. The molecule has 1 aliphatic rings. The summed E-state index contributed by atoms with van der Waals surface area (Å²) in [7, 11) is 0. The summed E-state index contributed by atoms with van der Waals surface area (Å²) in [4.78, 5) is 39.0. The van der Waals surface area contributed by atoms with E-state index in [2.05, 4.69) is 14.9 Å². The lowest BCUT2D eigenvalue weighted by molar-refractivity contribution is 0.0771. The molecule has 0 unspecified atom stereocenters. The Labute approximate surface area is 173 Å². The fourth-order valence-electron chi connectivity index (χ4n) is 3.46. The maximum atomic E-state index is 12.8. The molecule has 0 N–H and O–H groups in total. The van der Waals surface area contributed by atoms with Gasteiger partial charge in [0.05, 0.1) is 4.88 Å². The molecule has 3 aromatic heterocycles. The third kappa shape index (κ3) is 4.19. The summed E-state index contributed by atoms with van der Waals surface area (Å²) in [6.45, 7) is 4.82. The van der Waals surface area contributed by atoms with Crippen molar-refractivity contribution in [2.45, 2.75) is 13.3 Å². The Morgan fingerprint density at radius 3 is 2.69 bits per heavy atom. The molecular formula is C22H22N4O2S. The zero-order chi connectivity index (χ0) is 20.2. The standard InChI is InChI=1S/C22H22N4O2S/c1-16-8-14-29-21(16)22(28)26-11-4-10-25(12-13-26)19-7-2-6-18(24-19)20(27)17-5-3-9-23-15-17/h2-3,5-9,14-15H,4,10-13H2,1H3. The van der Waals surface area contributed by atoms with E-state index in [1.807, 2.05) is 35.4 Å². The molecule has 4 rings (SSSR count). The van der Waals surface area contributed by atoms with Gasteiger partial charge in [-0.15, -0.1) is 11.3 Å². The van der Waals surface area contributed by atoms with Gasteiger partial charge in [0, 0.05) is 44.1 Å². The van der Waals surface area contributed by atoms with Gasteiger partial charge in [0.2, 0.25) is 5.78 Å². The van der Waals surface area contributed by atoms with E-state index in [-0.39, 0.29) is 11.7 Å². The Kier molecular flexibility index (Phi) is 5.67. The van der Waals surface area contributed by atoms with Crippen LogP contribution in [0.15, 0.2) is 54.2 Å². The minimum Gasteiger partial charge on any atom is -0.355 e. The Morgan fingerprint density at radius 1 is 1.03 bits per heavy atom. The molecule has 7 heteroatoms. The fourth-order valence-corrected chi connectivity index (χ4v) is 4.35. The number of amides is 1. The Balaban J connectivity index is 1.48. The van der Waals surface area contributed by atoms with Crippen LogP contribution < -0.4 is 4.90 Å². The van der Waals surface area contributed by atoms with E-state index in [1.165, 1.54) is 11.3 Å². The van der Waals surface area contributed by atoms with Crippen LogP contribution in [0.5, 0.6) is 0 Å². The zero-order valence-electron chi connectivity index (χ0n) is 16.2. The van der Waals surface area contributed by atoms with Crippen molar-refractivity contribution in [1.82, 2.24) is 14.9 Å². The maximum Gasteiger partial charge on any atom is 0.264 e. The SMILES string of the molecule is Cc1ccsc1C(=O)N1CCCN(c2cccc(C(=O)c3cccnc3)n2)CC1. The summed E-state index contributed by atoms with van der Waals surface area (Å²) in [5, 5.41) is 1.96. The van der Waals surface area contributed by atoms with E-state index in [1.54, 1.807) is 30.6 Å². The Hall–Kier alpha value is -3.06. The molecule has 1 amide bonds. The average molecular weight is 407 g/mol. The van der Waals surface area contributed by atoms with E-state index in [4.69, 9.17) is 0 Å². The molecule has 0 spiro atoms. The van der Waals surface area contributed by atoms with E-state index < -0.39 is 0 Å². The van der Waals surface area contributed by atoms with Gasteiger partial charge < -0.3 is 9.80 Å². The molecule has 0 saturated carbocycles. The van der Waals surface area contributed by atoms with Crippen molar-refractivity contribution in [3.63, 3.8) is 0 Å². The number of carbonyl (C=O) groups excluding carboxylic acids is 2. The van der Waals surface area contributed by atoms with Gasteiger partial charge in [-0.1, -0.05) is 6.07 Å². The number of thiophene rings is 1. The highest BCUT2D eigenvalue weighted by atomic mass is 32.1. The van der Waals surface area contributed by atoms with Gasteiger partial charge in [0.15, 0.2) is 0 Å². The van der Waals surface area contributed by atoms with Crippen LogP contribution in [0.25, 0.3) is 0 Å². The van der Waals surface area contributed by atoms with Crippen molar-refractivity contribution in [3.8, 4) is 0 Å². The second kappa shape index (κ2) is 8.53. The van der Waals surface area contributed by atoms with Gasteiger partial charge in [-0.3, -0.25) is 14.6 Å². The van der Waals surface area contributed by atoms with Crippen LogP contribution in [0, 0.1) is 6.92 Å². The molecule has 1 fully saturated rings. The van der Waals surface area contributed by atoms with Crippen LogP contribution in [0.3, 0.4) is 0 Å². The van der Waals surface area contributed by atoms with Crippen molar-refractivity contribution in [2.75, 3.05) is 31.1 Å². The van der Waals surface area contributed by atoms with Crippen molar-refractivity contribution in [2.24, 2.45) is 0 Å². The maximum absolute atomic E-state index is 12.8. The molecule has 6 nitrogen and oxygen atoms in total. The lowest BCUT2D eigenvalue weighted by Crippen LogP contribution is -2.35. The number of nitrogens with zero attached hydrogens (tertiary/aromatic N) is 4. The number of pyridine rings is 2. The van der Waals surface area contributed by atoms with E-state index in [0.717, 1.165) is 35.8 Å². The first-order valence-corrected chi connectivity index (χ1v) is 10.5. The number of aromatic nitrogens is 2. The number of ketones is 1. The van der Waals surface area contributed by atoms with Crippen molar-refractivity contribution >= 4 is 28.8 Å². The molecule has 0 atom stereocenters. The third-order valence-electron chi connectivity index (χ3n) is 5.05. The lowest BCUT2D eigenvalue weighted by Gasteiger charge is -2.23. The van der Waals surface area contributed by atoms with Crippen LogP contribution in [0.2, 0.25) is 0 Å². The first kappa shape index (κ1) is 19.3. The van der Waals surface area contributed by atoms with Crippen LogP contribution >= 0.6 is 11.3 Å². The first-order valence-electron chi connectivity index (χ1n) is 9.63. The van der Waals surface area contributed by atoms with Gasteiger partial charge in [0.25, 0.3) is 5.91 Å². The Bertz CT molecular complexity index is 1020. The second-order valence-electron chi connectivity index (χ2n) is 7.02. The van der Waals surface area contributed by atoms with Gasteiger partial charge in [0.1, 0.15) is 11.5 Å². The average Bonchev–Trinajstić information content (AvgIpc) is 3.04. The molecule has 1 saturated heterocycles. The predicted octanol–water partition coefficient (Wildman–Crippen LogP) is 3.43. The predicted molar refractivity (Wildman–Crippen MR) is 114 cm³/mol. The largest absolute Gasteiger partial charge is 0.355 e. The summed E-state index contributed by atoms with van der Waals surface area (Å²) >= 11 is 1.50. The number of aryl methyl sites for hydroxylation is 1. The number of anilines is 1. The minimum atomic E-state index is -0.139. The highest BCUT2D eigenvalue weighted by Crippen LogP contribution is 2.21. The summed E-state index contributed by atoms with van der Waals surface area (Å²) < 4.78 is 0. The summed E-state index contributed by atoms with van der Waals surface area (Å²) in [5.74, 6) is 0.730. The first-order chi connectivity index (χ1) is 14.1. The highest BCUT2D eigenvalue weighted by molar-refractivity contribution is 7.12. The number of hydrogen-bond acceptors (Lipinski definition) is 6. The summed E-state index contributed by atoms with van der Waals surface area (Å²) in [5.41, 5.74) is 1.96. The van der Waals surface area contributed by atoms with Gasteiger partial charge in [-0.2, -0.15) is 0 Å². The molecule has 1 aliphatic heterocycles. The minimum absolute atomic E-state index is 0.104. The van der Waals surface area contributed by atoms with Crippen LogP contribution in [0.1, 0.15) is 37.7 Å². The molecule has 0 aliphatic carbocycles. The van der Waals surface area contributed by atoms with Crippen molar-refractivity contribution in [1.29, 1.82) is 0 Å². The molecule has 4 heterocycles. The zero-order valence-corrected chi connectivity index (χ0v) is 17.1. The fraction of sp³-hybridized carbons (Fsp3) is 0.273. The number of carbonyl (C=O) groups is 2. The van der Waals surface area contributed by atoms with E-state index in [0.29, 0.717) is 24.3 Å². The van der Waals surface area contributed by atoms with E-state index in [9.17, 15) is 9.59 Å². The number of rotatable bonds is 4. The van der Waals surface area contributed by atoms with Crippen LogP contribution in [0.4, 0.5) is 5.82 Å². The van der Waals surface area contributed by atoms with Crippen molar-refractivity contribution < 1.29 is 9.59 Å². The smallest absolute Gasteiger partial charge is 0.264 e. The highest BCUT2D eigenvalue weighted by Gasteiger charge is 2.23. The topological polar surface area (TPSA) is 66.4 Å². The lowest BCUT2D eigenvalue weighted by atomic mass is 10.1. The van der Waals surface area contributed by atoms with Crippen molar-refractivity contribution in [3.05, 3.63) is 75.9 Å². The second-order valence-corrected chi connectivity index (χ2v) is 7.93. The van der Waals surface area contributed by atoms with Gasteiger partial charge in [-0.05, 0) is 54.6 Å². The molecule has 0 radical (unpaired) electrons. The summed E-state index contributed by atoms with van der Waals surface area (Å²) in [6.07, 6.45) is 4.06. The molecule has 3 aromatic rings. The molecular weight excluding hydrogens is 384 g/mol. The van der Waals surface area contributed by atoms with Gasteiger partial charge in [-0.25, -0.2) is 4.98 Å². The normalized spacial score (nSPS) is 14.5. The van der Waals surface area contributed by atoms with Gasteiger partial charge >= 0.3 is 0 Å². The monoisotopic (exact) mass is 406 g/mol. The van der Waals surface area contributed by atoms with Crippen LogP contribution in [-0.2, 0) is 0 Å². The molecule has 0 bridgehead atoms. The summed E-state index contributed by atoms with van der Waals surface area (Å²) in [6, 6.07) is 11.0. The quantitative estimate of drug-likeness (QED) is 0.621. The van der Waals surface area contributed by atoms with Crippen LogP contribution in [-0.4, -0.2) is 52.7 Å². The van der Waals surface area contributed by atoms with E-state index >= 15 is 0 Å². The third-order valence-corrected chi connectivity index (χ3v) is 6.06. The Morgan fingerprint density at radius 2 is 1.93 bits per heavy atom.